The van der Waals surface area contributed by atoms with E-state index in [1.165, 1.54) is 18.5 Å². The van der Waals surface area contributed by atoms with Crippen LogP contribution in [0.25, 0.3) is 0 Å². The molecule has 0 spiro atoms. The van der Waals surface area contributed by atoms with Crippen LogP contribution in [0.1, 0.15) is 17.5 Å². The summed E-state index contributed by atoms with van der Waals surface area (Å²) in [5.41, 5.74) is -0.331. The summed E-state index contributed by atoms with van der Waals surface area (Å²) in [6, 6.07) is 4.32. The van der Waals surface area contributed by atoms with Crippen molar-refractivity contribution >= 4 is 15.7 Å². The summed E-state index contributed by atoms with van der Waals surface area (Å²) >= 11 is 0. The SMILES string of the molecule is Cc1cncnc1N1CC[C@H](S(=O)(=O)c2ccccc2C(F)(F)F)C1. The van der Waals surface area contributed by atoms with Gasteiger partial charge in [0.15, 0.2) is 9.84 Å². The second kappa shape index (κ2) is 6.29. The van der Waals surface area contributed by atoms with Gasteiger partial charge in [-0.1, -0.05) is 12.1 Å². The number of halogens is 3. The molecule has 0 aliphatic carbocycles. The molecule has 0 N–H and O–H groups in total. The molecule has 0 bridgehead atoms. The monoisotopic (exact) mass is 371 g/mol. The van der Waals surface area contributed by atoms with Crippen molar-refractivity contribution < 1.29 is 21.6 Å². The predicted octanol–water partition coefficient (Wildman–Crippen LogP) is 2.86. The van der Waals surface area contributed by atoms with Crippen LogP contribution < -0.4 is 4.90 Å². The lowest BCUT2D eigenvalue weighted by atomic mass is 10.2. The van der Waals surface area contributed by atoms with Gasteiger partial charge in [0, 0.05) is 24.8 Å². The molecule has 0 saturated carbocycles. The molecule has 2 heterocycles. The minimum absolute atomic E-state index is 0.104. The summed E-state index contributed by atoms with van der Waals surface area (Å²) in [6.45, 7) is 2.32. The molecule has 0 radical (unpaired) electrons. The zero-order chi connectivity index (χ0) is 18.2. The van der Waals surface area contributed by atoms with Crippen molar-refractivity contribution in [2.75, 3.05) is 18.0 Å². The van der Waals surface area contributed by atoms with Crippen molar-refractivity contribution in [2.45, 2.75) is 29.7 Å². The van der Waals surface area contributed by atoms with E-state index in [1.807, 2.05) is 0 Å². The Morgan fingerprint density at radius 1 is 1.24 bits per heavy atom. The minimum atomic E-state index is -4.72. The first-order chi connectivity index (χ1) is 11.7. The highest BCUT2D eigenvalue weighted by Gasteiger charge is 2.41. The van der Waals surface area contributed by atoms with Gasteiger partial charge >= 0.3 is 6.18 Å². The number of sulfone groups is 1. The average Bonchev–Trinajstić information content (AvgIpc) is 3.05. The summed E-state index contributed by atoms with van der Waals surface area (Å²) in [5, 5.41) is -0.912. The van der Waals surface area contributed by atoms with Gasteiger partial charge in [0.25, 0.3) is 0 Å². The topological polar surface area (TPSA) is 63.2 Å². The number of benzene rings is 1. The molecule has 3 rings (SSSR count). The first-order valence-corrected chi connectivity index (χ1v) is 9.17. The Bertz CT molecular complexity index is 884. The molecule has 2 aromatic rings. The van der Waals surface area contributed by atoms with Crippen molar-refractivity contribution in [2.24, 2.45) is 0 Å². The largest absolute Gasteiger partial charge is 0.417 e. The van der Waals surface area contributed by atoms with E-state index >= 15 is 0 Å². The lowest BCUT2D eigenvalue weighted by Crippen LogP contribution is -2.29. The third-order valence-electron chi connectivity index (χ3n) is 4.25. The van der Waals surface area contributed by atoms with E-state index in [1.54, 1.807) is 18.0 Å². The predicted molar refractivity (Wildman–Crippen MR) is 86.0 cm³/mol. The third-order valence-corrected chi connectivity index (χ3v) is 6.48. The van der Waals surface area contributed by atoms with E-state index in [0.717, 1.165) is 17.7 Å². The summed E-state index contributed by atoms with van der Waals surface area (Å²) in [7, 11) is -4.11. The van der Waals surface area contributed by atoms with Crippen molar-refractivity contribution in [3.8, 4) is 0 Å². The van der Waals surface area contributed by atoms with Crippen LogP contribution in [0.3, 0.4) is 0 Å². The number of rotatable bonds is 3. The van der Waals surface area contributed by atoms with Crippen molar-refractivity contribution in [3.63, 3.8) is 0 Å². The maximum atomic E-state index is 13.2. The molecule has 1 fully saturated rings. The maximum Gasteiger partial charge on any atom is 0.417 e. The van der Waals surface area contributed by atoms with Crippen LogP contribution in [-0.2, 0) is 16.0 Å². The summed E-state index contributed by atoms with van der Waals surface area (Å²) < 4.78 is 65.1. The maximum absolute atomic E-state index is 13.2. The van der Waals surface area contributed by atoms with Crippen LogP contribution in [0.15, 0.2) is 41.7 Å². The van der Waals surface area contributed by atoms with Gasteiger partial charge in [-0.2, -0.15) is 13.2 Å². The number of alkyl halides is 3. The highest BCUT2D eigenvalue weighted by Crippen LogP contribution is 2.37. The van der Waals surface area contributed by atoms with Gasteiger partial charge in [-0.15, -0.1) is 0 Å². The molecule has 0 unspecified atom stereocenters. The molecule has 25 heavy (non-hydrogen) atoms. The van der Waals surface area contributed by atoms with Crippen LogP contribution in [0.5, 0.6) is 0 Å². The van der Waals surface area contributed by atoms with Crippen molar-refractivity contribution in [1.29, 1.82) is 0 Å². The lowest BCUT2D eigenvalue weighted by molar-refractivity contribution is -0.139. The van der Waals surface area contributed by atoms with Crippen LogP contribution in [0.2, 0.25) is 0 Å². The fourth-order valence-electron chi connectivity index (χ4n) is 3.03. The molecule has 1 aliphatic rings. The van der Waals surface area contributed by atoms with E-state index in [-0.39, 0.29) is 13.0 Å². The average molecular weight is 371 g/mol. The van der Waals surface area contributed by atoms with Gasteiger partial charge in [0.1, 0.15) is 12.1 Å². The first kappa shape index (κ1) is 17.7. The molecule has 9 heteroatoms. The van der Waals surface area contributed by atoms with E-state index in [9.17, 15) is 21.6 Å². The standard InChI is InChI=1S/C16H16F3N3O2S/c1-11-8-20-10-21-15(11)22-7-6-12(9-22)25(23,24)14-5-3-2-4-13(14)16(17,18)19/h2-5,8,10,12H,6-7,9H2,1H3/t12-/m0/s1. The summed E-state index contributed by atoms with van der Waals surface area (Å²) in [4.78, 5) is 9.15. The van der Waals surface area contributed by atoms with Gasteiger partial charge in [-0.3, -0.25) is 0 Å². The zero-order valence-electron chi connectivity index (χ0n) is 13.4. The molecule has 0 amide bonds. The van der Waals surface area contributed by atoms with Crippen molar-refractivity contribution in [3.05, 3.63) is 47.9 Å². The second-order valence-corrected chi connectivity index (χ2v) is 8.12. The normalized spacial score (nSPS) is 18.6. The fraction of sp³-hybridized carbons (Fsp3) is 0.375. The highest BCUT2D eigenvalue weighted by molar-refractivity contribution is 7.92. The Morgan fingerprint density at radius 2 is 1.96 bits per heavy atom. The van der Waals surface area contributed by atoms with E-state index in [2.05, 4.69) is 9.97 Å². The number of nitrogens with zero attached hydrogens (tertiary/aromatic N) is 3. The Kier molecular flexibility index (Phi) is 4.44. The molecule has 1 atom stereocenters. The number of hydrogen-bond acceptors (Lipinski definition) is 5. The number of aryl methyl sites for hydroxylation is 1. The quantitative estimate of drug-likeness (QED) is 0.830. The van der Waals surface area contributed by atoms with Crippen LogP contribution >= 0.6 is 0 Å². The zero-order valence-corrected chi connectivity index (χ0v) is 14.2. The number of hydrogen-bond donors (Lipinski definition) is 0. The van der Waals surface area contributed by atoms with E-state index in [4.69, 9.17) is 0 Å². The van der Waals surface area contributed by atoms with Gasteiger partial charge < -0.3 is 4.90 Å². The van der Waals surface area contributed by atoms with Gasteiger partial charge in [-0.25, -0.2) is 18.4 Å². The Labute approximate surface area is 143 Å². The molecule has 1 aromatic carbocycles. The highest BCUT2D eigenvalue weighted by atomic mass is 32.2. The van der Waals surface area contributed by atoms with Crippen LogP contribution in [-0.4, -0.2) is 36.7 Å². The molecule has 5 nitrogen and oxygen atoms in total. The molecule has 1 saturated heterocycles. The van der Waals surface area contributed by atoms with E-state index < -0.39 is 31.7 Å². The van der Waals surface area contributed by atoms with Crippen molar-refractivity contribution in [1.82, 2.24) is 9.97 Å². The lowest BCUT2D eigenvalue weighted by Gasteiger charge is -2.20. The van der Waals surface area contributed by atoms with E-state index in [0.29, 0.717) is 12.4 Å². The molecule has 1 aromatic heterocycles. The van der Waals surface area contributed by atoms with Crippen LogP contribution in [0.4, 0.5) is 19.0 Å². The smallest absolute Gasteiger partial charge is 0.355 e. The Balaban J connectivity index is 1.92. The summed E-state index contributed by atoms with van der Waals surface area (Å²) in [5.74, 6) is 0.608. The first-order valence-electron chi connectivity index (χ1n) is 7.63. The summed E-state index contributed by atoms with van der Waals surface area (Å²) in [6.07, 6.45) is -1.49. The molecule has 1 aliphatic heterocycles. The Hall–Kier alpha value is -2.16. The Morgan fingerprint density at radius 3 is 2.64 bits per heavy atom. The van der Waals surface area contributed by atoms with Gasteiger partial charge in [0.2, 0.25) is 0 Å². The molecular weight excluding hydrogens is 355 g/mol. The van der Waals surface area contributed by atoms with Crippen LogP contribution in [0, 0.1) is 6.92 Å². The minimum Gasteiger partial charge on any atom is -0.355 e. The molecular formula is C16H16F3N3O2S. The van der Waals surface area contributed by atoms with Gasteiger partial charge in [-0.05, 0) is 25.5 Å². The van der Waals surface area contributed by atoms with Gasteiger partial charge in [0.05, 0.1) is 15.7 Å². The number of aromatic nitrogens is 2. The fourth-order valence-corrected chi connectivity index (χ4v) is 4.94. The third kappa shape index (κ3) is 3.33. The second-order valence-electron chi connectivity index (χ2n) is 5.92. The number of anilines is 1. The molecule has 134 valence electrons.